The van der Waals surface area contributed by atoms with Crippen molar-refractivity contribution in [2.75, 3.05) is 18.1 Å². The largest absolute Gasteiger partial charge is 0.478 e. The Bertz CT molecular complexity index is 521. The van der Waals surface area contributed by atoms with Crippen molar-refractivity contribution >= 4 is 23.4 Å². The fourth-order valence-corrected chi connectivity index (χ4v) is 3.46. The van der Waals surface area contributed by atoms with Crippen LogP contribution in [0.2, 0.25) is 5.02 Å². The summed E-state index contributed by atoms with van der Waals surface area (Å²) in [5.41, 5.74) is 0.107. The number of carbonyl (C=O) groups is 1. The molecule has 0 spiro atoms. The van der Waals surface area contributed by atoms with E-state index in [1.165, 1.54) is 18.7 Å². The number of morpholine rings is 1. The fourth-order valence-electron chi connectivity index (χ4n) is 3.16. The van der Waals surface area contributed by atoms with E-state index >= 15 is 0 Å². The molecule has 2 fully saturated rings. The Kier molecular flexibility index (Phi) is 3.81. The molecular formula is C14H17ClN2O3. The molecule has 20 heavy (non-hydrogen) atoms. The van der Waals surface area contributed by atoms with Crippen LogP contribution >= 0.6 is 11.6 Å². The van der Waals surface area contributed by atoms with Crippen molar-refractivity contribution in [3.05, 3.63) is 22.8 Å². The molecule has 108 valence electrons. The van der Waals surface area contributed by atoms with Gasteiger partial charge in [0.2, 0.25) is 0 Å². The molecule has 1 saturated carbocycles. The normalized spacial score (nSPS) is 26.1. The van der Waals surface area contributed by atoms with Crippen LogP contribution in [0.1, 0.15) is 36.0 Å². The zero-order valence-corrected chi connectivity index (χ0v) is 11.8. The molecule has 1 aromatic rings. The Hall–Kier alpha value is -1.33. The van der Waals surface area contributed by atoms with Crippen LogP contribution in [0.5, 0.6) is 0 Å². The molecule has 1 saturated heterocycles. The molecule has 0 amide bonds. The van der Waals surface area contributed by atoms with Gasteiger partial charge >= 0.3 is 5.97 Å². The molecule has 1 N–H and O–H groups in total. The Morgan fingerprint density at radius 3 is 3.05 bits per heavy atom. The molecule has 2 atom stereocenters. The standard InChI is InChI=1S/C14H17ClN2O3/c15-12-9(14(18)19)5-6-16-13(12)17-7-8-20-11-4-2-1-3-10(11)17/h5-6,10-11H,1-4,7-8H2,(H,18,19). The highest BCUT2D eigenvalue weighted by molar-refractivity contribution is 6.35. The molecule has 5 nitrogen and oxygen atoms in total. The van der Waals surface area contributed by atoms with Crippen LogP contribution in [-0.2, 0) is 4.74 Å². The van der Waals surface area contributed by atoms with Gasteiger partial charge in [-0.25, -0.2) is 9.78 Å². The van der Waals surface area contributed by atoms with E-state index in [4.69, 9.17) is 21.4 Å². The molecule has 1 aliphatic carbocycles. The summed E-state index contributed by atoms with van der Waals surface area (Å²) >= 11 is 6.24. The van der Waals surface area contributed by atoms with Gasteiger partial charge in [-0.3, -0.25) is 0 Å². The first-order valence-corrected chi connectivity index (χ1v) is 7.32. The van der Waals surface area contributed by atoms with Gasteiger partial charge in [-0.2, -0.15) is 0 Å². The molecule has 1 aromatic heterocycles. The first-order chi connectivity index (χ1) is 9.68. The number of aromatic nitrogens is 1. The topological polar surface area (TPSA) is 62.7 Å². The molecule has 6 heteroatoms. The lowest BCUT2D eigenvalue weighted by Gasteiger charge is -2.44. The van der Waals surface area contributed by atoms with Crippen LogP contribution in [-0.4, -0.2) is 41.4 Å². The number of hydrogen-bond acceptors (Lipinski definition) is 4. The van der Waals surface area contributed by atoms with E-state index in [0.717, 1.165) is 19.3 Å². The van der Waals surface area contributed by atoms with E-state index in [2.05, 4.69) is 9.88 Å². The molecule has 2 unspecified atom stereocenters. The van der Waals surface area contributed by atoms with Gasteiger partial charge in [-0.05, 0) is 18.9 Å². The van der Waals surface area contributed by atoms with E-state index in [9.17, 15) is 4.79 Å². The summed E-state index contributed by atoms with van der Waals surface area (Å²) in [6, 6.07) is 1.69. The average molecular weight is 297 g/mol. The Labute approximate surface area is 122 Å². The van der Waals surface area contributed by atoms with Crippen molar-refractivity contribution in [1.82, 2.24) is 4.98 Å². The van der Waals surface area contributed by atoms with Gasteiger partial charge in [-0.1, -0.05) is 24.4 Å². The second-order valence-corrected chi connectivity index (χ2v) is 5.63. The predicted molar refractivity (Wildman–Crippen MR) is 75.5 cm³/mol. The monoisotopic (exact) mass is 296 g/mol. The smallest absolute Gasteiger partial charge is 0.337 e. The summed E-state index contributed by atoms with van der Waals surface area (Å²) in [6.07, 6.45) is 6.17. The van der Waals surface area contributed by atoms with Gasteiger partial charge in [0.05, 0.1) is 29.3 Å². The molecule has 0 aromatic carbocycles. The SMILES string of the molecule is O=C(O)c1ccnc(N2CCOC3CCCCC32)c1Cl. The molecule has 2 heterocycles. The van der Waals surface area contributed by atoms with Gasteiger partial charge in [0.25, 0.3) is 0 Å². The summed E-state index contributed by atoms with van der Waals surface area (Å²) in [6.45, 7) is 1.34. The zero-order chi connectivity index (χ0) is 14.1. The quantitative estimate of drug-likeness (QED) is 0.909. The summed E-state index contributed by atoms with van der Waals surface area (Å²) < 4.78 is 5.82. The van der Waals surface area contributed by atoms with Gasteiger partial charge in [0.15, 0.2) is 0 Å². The van der Waals surface area contributed by atoms with Crippen molar-refractivity contribution in [2.45, 2.75) is 37.8 Å². The first kappa shape index (κ1) is 13.6. The summed E-state index contributed by atoms with van der Waals surface area (Å²) in [4.78, 5) is 17.6. The summed E-state index contributed by atoms with van der Waals surface area (Å²) in [5.74, 6) is -0.445. The third-order valence-corrected chi connectivity index (χ3v) is 4.48. The molecule has 0 radical (unpaired) electrons. The highest BCUT2D eigenvalue weighted by Crippen LogP contribution is 2.35. The number of carboxylic acid groups (broad SMARTS) is 1. The second kappa shape index (κ2) is 5.58. The van der Waals surface area contributed by atoms with Crippen LogP contribution in [0.15, 0.2) is 12.3 Å². The maximum absolute atomic E-state index is 11.2. The van der Waals surface area contributed by atoms with Gasteiger partial charge in [0, 0.05) is 12.7 Å². The van der Waals surface area contributed by atoms with Crippen LogP contribution < -0.4 is 4.90 Å². The van der Waals surface area contributed by atoms with Crippen molar-refractivity contribution in [2.24, 2.45) is 0 Å². The fraction of sp³-hybridized carbons (Fsp3) is 0.571. The number of aromatic carboxylic acids is 1. The van der Waals surface area contributed by atoms with Crippen LogP contribution in [0.25, 0.3) is 0 Å². The minimum atomic E-state index is -1.02. The lowest BCUT2D eigenvalue weighted by atomic mass is 9.90. The van der Waals surface area contributed by atoms with Crippen LogP contribution in [0.3, 0.4) is 0 Å². The van der Waals surface area contributed by atoms with Crippen molar-refractivity contribution in [3.63, 3.8) is 0 Å². The molecule has 1 aliphatic heterocycles. The van der Waals surface area contributed by atoms with Gasteiger partial charge in [-0.15, -0.1) is 0 Å². The number of pyridine rings is 1. The Morgan fingerprint density at radius 1 is 1.45 bits per heavy atom. The van der Waals surface area contributed by atoms with E-state index in [1.54, 1.807) is 0 Å². The molecular weight excluding hydrogens is 280 g/mol. The Balaban J connectivity index is 1.95. The number of halogens is 1. The average Bonchev–Trinajstić information content (AvgIpc) is 2.47. The number of fused-ring (bicyclic) bond motifs is 1. The van der Waals surface area contributed by atoms with Gasteiger partial charge < -0.3 is 14.7 Å². The maximum Gasteiger partial charge on any atom is 0.337 e. The lowest BCUT2D eigenvalue weighted by Crippen LogP contribution is -2.53. The van der Waals surface area contributed by atoms with Crippen LogP contribution in [0, 0.1) is 0 Å². The van der Waals surface area contributed by atoms with Gasteiger partial charge in [0.1, 0.15) is 5.82 Å². The van der Waals surface area contributed by atoms with E-state index in [-0.39, 0.29) is 22.7 Å². The first-order valence-electron chi connectivity index (χ1n) is 6.94. The minimum Gasteiger partial charge on any atom is -0.478 e. The number of carboxylic acids is 1. The second-order valence-electron chi connectivity index (χ2n) is 5.26. The molecule has 0 bridgehead atoms. The number of hydrogen-bond donors (Lipinski definition) is 1. The number of rotatable bonds is 2. The van der Waals surface area contributed by atoms with E-state index < -0.39 is 5.97 Å². The van der Waals surface area contributed by atoms with Crippen molar-refractivity contribution < 1.29 is 14.6 Å². The Morgan fingerprint density at radius 2 is 2.25 bits per heavy atom. The maximum atomic E-state index is 11.2. The molecule has 2 aliphatic rings. The highest BCUT2D eigenvalue weighted by atomic mass is 35.5. The van der Waals surface area contributed by atoms with Crippen LogP contribution in [0.4, 0.5) is 5.82 Å². The van der Waals surface area contributed by atoms with Crippen molar-refractivity contribution in [3.8, 4) is 0 Å². The molecule has 3 rings (SSSR count). The van der Waals surface area contributed by atoms with Crippen molar-refractivity contribution in [1.29, 1.82) is 0 Å². The summed E-state index contributed by atoms with van der Waals surface area (Å²) in [5, 5.41) is 9.39. The zero-order valence-electron chi connectivity index (χ0n) is 11.1. The van der Waals surface area contributed by atoms with E-state index in [0.29, 0.717) is 19.0 Å². The predicted octanol–water partition coefficient (Wildman–Crippen LogP) is 2.58. The third-order valence-electron chi connectivity index (χ3n) is 4.11. The highest BCUT2D eigenvalue weighted by Gasteiger charge is 2.36. The summed E-state index contributed by atoms with van der Waals surface area (Å²) in [7, 11) is 0. The lowest BCUT2D eigenvalue weighted by molar-refractivity contribution is -0.00898. The number of anilines is 1. The number of nitrogens with zero attached hydrogens (tertiary/aromatic N) is 2. The number of ether oxygens (including phenoxy) is 1. The third kappa shape index (κ3) is 2.36. The van der Waals surface area contributed by atoms with E-state index in [1.807, 2.05) is 0 Å². The minimum absolute atomic E-state index is 0.107.